The molecule has 21 heavy (non-hydrogen) atoms. The molecule has 1 aliphatic heterocycles. The Morgan fingerprint density at radius 3 is 2.90 bits per heavy atom. The van der Waals surface area contributed by atoms with Crippen LogP contribution in [0.3, 0.4) is 0 Å². The van der Waals surface area contributed by atoms with E-state index >= 15 is 0 Å². The molecule has 0 saturated carbocycles. The SMILES string of the molecule is CCCNc1cc(N2CCCN(C)CC2C)nc(SC)n1. The molecular formula is C15H27N5S. The largest absolute Gasteiger partial charge is 0.370 e. The second-order valence-electron chi connectivity index (χ2n) is 5.68. The summed E-state index contributed by atoms with van der Waals surface area (Å²) < 4.78 is 0. The van der Waals surface area contributed by atoms with Gasteiger partial charge in [-0.05, 0) is 39.6 Å². The zero-order valence-corrected chi connectivity index (χ0v) is 14.4. The first-order valence-corrected chi connectivity index (χ1v) is 8.98. The third-order valence-electron chi connectivity index (χ3n) is 3.77. The zero-order chi connectivity index (χ0) is 15.2. The lowest BCUT2D eigenvalue weighted by Gasteiger charge is -2.29. The van der Waals surface area contributed by atoms with E-state index in [0.717, 1.165) is 49.4 Å². The number of likely N-dealkylation sites (N-methyl/N-ethyl adjacent to an activating group) is 1. The van der Waals surface area contributed by atoms with Crippen molar-refractivity contribution in [2.75, 3.05) is 49.7 Å². The van der Waals surface area contributed by atoms with Gasteiger partial charge in [-0.15, -0.1) is 0 Å². The van der Waals surface area contributed by atoms with Crippen LogP contribution in [0, 0.1) is 0 Å². The predicted octanol–water partition coefficient (Wildman–Crippen LogP) is 2.55. The molecule has 0 radical (unpaired) electrons. The Morgan fingerprint density at radius 2 is 2.19 bits per heavy atom. The molecule has 1 aliphatic rings. The second kappa shape index (κ2) is 7.84. The topological polar surface area (TPSA) is 44.3 Å². The minimum absolute atomic E-state index is 0.473. The molecule has 0 aliphatic carbocycles. The fourth-order valence-corrected chi connectivity index (χ4v) is 3.08. The van der Waals surface area contributed by atoms with E-state index in [1.807, 2.05) is 6.26 Å². The summed E-state index contributed by atoms with van der Waals surface area (Å²) >= 11 is 1.60. The van der Waals surface area contributed by atoms with E-state index in [2.05, 4.69) is 47.1 Å². The Labute approximate surface area is 132 Å². The van der Waals surface area contributed by atoms with Crippen molar-refractivity contribution < 1.29 is 0 Å². The number of rotatable bonds is 5. The molecule has 2 rings (SSSR count). The van der Waals surface area contributed by atoms with Crippen LogP contribution in [-0.2, 0) is 0 Å². The second-order valence-corrected chi connectivity index (χ2v) is 6.46. The van der Waals surface area contributed by atoms with Crippen molar-refractivity contribution in [2.45, 2.75) is 37.9 Å². The molecule has 1 unspecified atom stereocenters. The summed E-state index contributed by atoms with van der Waals surface area (Å²) in [7, 11) is 2.20. The molecule has 6 heteroatoms. The third-order valence-corrected chi connectivity index (χ3v) is 4.32. The molecule has 1 aromatic heterocycles. The Kier molecular flexibility index (Phi) is 6.11. The van der Waals surface area contributed by atoms with E-state index in [1.54, 1.807) is 11.8 Å². The number of thioether (sulfide) groups is 1. The maximum Gasteiger partial charge on any atom is 0.191 e. The molecule has 1 aromatic rings. The Hall–Kier alpha value is -1.01. The van der Waals surface area contributed by atoms with Gasteiger partial charge in [-0.3, -0.25) is 0 Å². The van der Waals surface area contributed by atoms with Crippen LogP contribution in [0.4, 0.5) is 11.6 Å². The van der Waals surface area contributed by atoms with Gasteiger partial charge in [0.1, 0.15) is 11.6 Å². The molecule has 0 amide bonds. The molecule has 1 atom stereocenters. The Balaban J connectivity index is 2.23. The first kappa shape index (κ1) is 16.4. The van der Waals surface area contributed by atoms with Crippen LogP contribution in [0.15, 0.2) is 11.2 Å². The molecule has 1 fully saturated rings. The summed E-state index contributed by atoms with van der Waals surface area (Å²) in [5.74, 6) is 1.99. The van der Waals surface area contributed by atoms with Gasteiger partial charge in [-0.25, -0.2) is 9.97 Å². The van der Waals surface area contributed by atoms with E-state index in [1.165, 1.54) is 6.42 Å². The van der Waals surface area contributed by atoms with Crippen LogP contribution >= 0.6 is 11.8 Å². The van der Waals surface area contributed by atoms with Crippen molar-refractivity contribution in [3.8, 4) is 0 Å². The van der Waals surface area contributed by atoms with Crippen LogP contribution in [0.25, 0.3) is 0 Å². The monoisotopic (exact) mass is 309 g/mol. The fraction of sp³-hybridized carbons (Fsp3) is 0.733. The Bertz CT molecular complexity index is 454. The zero-order valence-electron chi connectivity index (χ0n) is 13.6. The average Bonchev–Trinajstić information content (AvgIpc) is 2.65. The summed E-state index contributed by atoms with van der Waals surface area (Å²) in [5.41, 5.74) is 0. The normalized spacial score (nSPS) is 20.4. The van der Waals surface area contributed by atoms with Crippen molar-refractivity contribution in [2.24, 2.45) is 0 Å². The van der Waals surface area contributed by atoms with E-state index in [0.29, 0.717) is 6.04 Å². The van der Waals surface area contributed by atoms with Gasteiger partial charge < -0.3 is 15.1 Å². The molecule has 1 saturated heterocycles. The van der Waals surface area contributed by atoms with Gasteiger partial charge in [0, 0.05) is 31.7 Å². The van der Waals surface area contributed by atoms with Crippen LogP contribution in [0.2, 0.25) is 0 Å². The van der Waals surface area contributed by atoms with Gasteiger partial charge in [0.15, 0.2) is 5.16 Å². The van der Waals surface area contributed by atoms with Crippen molar-refractivity contribution >= 4 is 23.4 Å². The van der Waals surface area contributed by atoms with Crippen LogP contribution in [-0.4, -0.2) is 60.4 Å². The maximum atomic E-state index is 4.72. The van der Waals surface area contributed by atoms with Gasteiger partial charge in [0.25, 0.3) is 0 Å². The van der Waals surface area contributed by atoms with Gasteiger partial charge in [0.05, 0.1) is 0 Å². The van der Waals surface area contributed by atoms with Crippen molar-refractivity contribution in [1.82, 2.24) is 14.9 Å². The highest BCUT2D eigenvalue weighted by molar-refractivity contribution is 7.98. The number of hydrogen-bond acceptors (Lipinski definition) is 6. The highest BCUT2D eigenvalue weighted by Gasteiger charge is 2.21. The lowest BCUT2D eigenvalue weighted by molar-refractivity contribution is 0.337. The number of hydrogen-bond donors (Lipinski definition) is 1. The fourth-order valence-electron chi connectivity index (χ4n) is 2.71. The molecule has 0 aromatic carbocycles. The van der Waals surface area contributed by atoms with Gasteiger partial charge in [0.2, 0.25) is 0 Å². The Morgan fingerprint density at radius 1 is 1.38 bits per heavy atom. The van der Waals surface area contributed by atoms with E-state index in [9.17, 15) is 0 Å². The molecule has 1 N–H and O–H groups in total. The van der Waals surface area contributed by atoms with E-state index in [4.69, 9.17) is 4.98 Å². The summed E-state index contributed by atoms with van der Waals surface area (Å²) in [6.45, 7) is 8.68. The highest BCUT2D eigenvalue weighted by Crippen LogP contribution is 2.23. The van der Waals surface area contributed by atoms with Gasteiger partial charge >= 0.3 is 0 Å². The quantitative estimate of drug-likeness (QED) is 0.666. The summed E-state index contributed by atoms with van der Waals surface area (Å²) in [4.78, 5) is 14.1. The van der Waals surface area contributed by atoms with Crippen LogP contribution in [0.1, 0.15) is 26.7 Å². The summed E-state index contributed by atoms with van der Waals surface area (Å²) in [6.07, 6.45) is 4.30. The van der Waals surface area contributed by atoms with Crippen LogP contribution < -0.4 is 10.2 Å². The summed E-state index contributed by atoms with van der Waals surface area (Å²) in [6, 6.07) is 2.57. The maximum absolute atomic E-state index is 4.72. The molecular weight excluding hydrogens is 282 g/mol. The predicted molar refractivity (Wildman–Crippen MR) is 91.5 cm³/mol. The van der Waals surface area contributed by atoms with Gasteiger partial charge in [-0.1, -0.05) is 18.7 Å². The van der Waals surface area contributed by atoms with Gasteiger partial charge in [-0.2, -0.15) is 0 Å². The molecule has 2 heterocycles. The van der Waals surface area contributed by atoms with E-state index < -0.39 is 0 Å². The van der Waals surface area contributed by atoms with Crippen molar-refractivity contribution in [1.29, 1.82) is 0 Å². The molecule has 118 valence electrons. The third kappa shape index (κ3) is 4.48. The average molecular weight is 309 g/mol. The standard InChI is InChI=1S/C15H27N5S/c1-5-7-16-13-10-14(18-15(17-13)21-4)20-9-6-8-19(3)11-12(20)2/h10,12H,5-9,11H2,1-4H3,(H,16,17,18). The number of aromatic nitrogens is 2. The number of anilines is 2. The number of nitrogens with zero attached hydrogens (tertiary/aromatic N) is 4. The first-order valence-electron chi connectivity index (χ1n) is 7.76. The molecule has 0 spiro atoms. The van der Waals surface area contributed by atoms with Crippen LogP contribution in [0.5, 0.6) is 0 Å². The number of nitrogens with one attached hydrogen (secondary N) is 1. The minimum Gasteiger partial charge on any atom is -0.370 e. The van der Waals surface area contributed by atoms with E-state index in [-0.39, 0.29) is 0 Å². The molecule has 5 nitrogen and oxygen atoms in total. The summed E-state index contributed by atoms with van der Waals surface area (Å²) in [5, 5.41) is 4.23. The lowest BCUT2D eigenvalue weighted by Crippen LogP contribution is -2.38. The van der Waals surface area contributed by atoms with Crippen molar-refractivity contribution in [3.63, 3.8) is 0 Å². The smallest absolute Gasteiger partial charge is 0.191 e. The lowest BCUT2D eigenvalue weighted by atomic mass is 10.2. The first-order chi connectivity index (χ1) is 10.1. The minimum atomic E-state index is 0.473. The van der Waals surface area contributed by atoms with Crippen molar-refractivity contribution in [3.05, 3.63) is 6.07 Å². The highest BCUT2D eigenvalue weighted by atomic mass is 32.2. The molecule has 0 bridgehead atoms.